The van der Waals surface area contributed by atoms with Crippen molar-refractivity contribution in [3.8, 4) is 0 Å². The Bertz CT molecular complexity index is 482. The average Bonchev–Trinajstić information content (AvgIpc) is 2.85. The summed E-state index contributed by atoms with van der Waals surface area (Å²) in [6.45, 7) is 9.87. The van der Waals surface area contributed by atoms with Gasteiger partial charge in [0.05, 0.1) is 13.2 Å². The number of aliphatic hydroxyl groups excluding tert-OH is 1. The highest BCUT2D eigenvalue weighted by atomic mass is 16.5. The molecule has 0 atom stereocenters. The second-order valence-corrected chi connectivity index (χ2v) is 9.81. The van der Waals surface area contributed by atoms with Crippen molar-refractivity contribution in [2.24, 2.45) is 0 Å². The molecular formula is C29H57NO5. The van der Waals surface area contributed by atoms with Crippen LogP contribution in [0, 0.1) is 0 Å². The zero-order chi connectivity index (χ0) is 26.0. The molecule has 0 radical (unpaired) electrons. The Kier molecular flexibility index (Phi) is 25.1. The first-order chi connectivity index (χ1) is 17.1. The summed E-state index contributed by atoms with van der Waals surface area (Å²) in [5.41, 5.74) is 0. The third-order valence-corrected chi connectivity index (χ3v) is 6.60. The van der Waals surface area contributed by atoms with Crippen molar-refractivity contribution in [1.82, 2.24) is 4.90 Å². The Morgan fingerprint density at radius 1 is 0.657 bits per heavy atom. The molecule has 0 aromatic heterocycles. The lowest BCUT2D eigenvalue weighted by Gasteiger charge is -2.21. The van der Waals surface area contributed by atoms with Crippen molar-refractivity contribution >= 4 is 11.9 Å². The standard InChI is InChI=1S/C29H57NO5/c1-4-7-8-19-26-34-28(32)20-15-11-9-13-17-22-30(24-25-31)23-18-14-10-12-16-21-29(33)35-27(5-2)6-3/h27,31H,4-26H2,1-3H3. The van der Waals surface area contributed by atoms with Crippen LogP contribution in [0.3, 0.4) is 0 Å². The maximum atomic E-state index is 11.8. The molecule has 35 heavy (non-hydrogen) atoms. The summed E-state index contributed by atoms with van der Waals surface area (Å²) in [5.74, 6) is -0.0947. The van der Waals surface area contributed by atoms with Crippen LogP contribution >= 0.6 is 0 Å². The van der Waals surface area contributed by atoms with Crippen LogP contribution in [0.4, 0.5) is 0 Å². The zero-order valence-electron chi connectivity index (χ0n) is 23.4. The molecule has 6 nitrogen and oxygen atoms in total. The third kappa shape index (κ3) is 23.0. The first-order valence-corrected chi connectivity index (χ1v) is 14.8. The van der Waals surface area contributed by atoms with E-state index in [0.29, 0.717) is 19.4 Å². The lowest BCUT2D eigenvalue weighted by Crippen LogP contribution is -2.29. The van der Waals surface area contributed by atoms with Gasteiger partial charge in [-0.05, 0) is 58.0 Å². The van der Waals surface area contributed by atoms with Gasteiger partial charge in [-0.25, -0.2) is 0 Å². The predicted molar refractivity (Wildman–Crippen MR) is 144 cm³/mol. The molecule has 0 bridgehead atoms. The second kappa shape index (κ2) is 25.9. The van der Waals surface area contributed by atoms with Crippen LogP contribution in [0.25, 0.3) is 0 Å². The molecular weight excluding hydrogens is 442 g/mol. The van der Waals surface area contributed by atoms with Crippen LogP contribution in [0.5, 0.6) is 0 Å². The number of ether oxygens (including phenoxy) is 2. The zero-order valence-corrected chi connectivity index (χ0v) is 23.4. The van der Waals surface area contributed by atoms with Crippen molar-refractivity contribution in [1.29, 1.82) is 0 Å². The summed E-state index contributed by atoms with van der Waals surface area (Å²) in [6, 6.07) is 0. The molecule has 1 N–H and O–H groups in total. The highest BCUT2D eigenvalue weighted by Crippen LogP contribution is 2.11. The number of rotatable bonds is 26. The summed E-state index contributed by atoms with van der Waals surface area (Å²) < 4.78 is 10.7. The second-order valence-electron chi connectivity index (χ2n) is 9.81. The molecule has 0 aliphatic heterocycles. The molecule has 0 fully saturated rings. The van der Waals surface area contributed by atoms with Crippen molar-refractivity contribution < 1.29 is 24.2 Å². The molecule has 6 heteroatoms. The highest BCUT2D eigenvalue weighted by molar-refractivity contribution is 5.69. The number of aliphatic hydroxyl groups is 1. The lowest BCUT2D eigenvalue weighted by molar-refractivity contribution is -0.149. The summed E-state index contributed by atoms with van der Waals surface area (Å²) in [7, 11) is 0. The van der Waals surface area contributed by atoms with Crippen LogP contribution in [0.15, 0.2) is 0 Å². The van der Waals surface area contributed by atoms with Crippen LogP contribution in [0.1, 0.15) is 136 Å². The topological polar surface area (TPSA) is 76.1 Å². The number of carbonyl (C=O) groups is 2. The minimum atomic E-state index is -0.0504. The Morgan fingerprint density at radius 3 is 1.71 bits per heavy atom. The smallest absolute Gasteiger partial charge is 0.306 e. The molecule has 0 aromatic rings. The number of nitrogens with zero attached hydrogens (tertiary/aromatic N) is 1. The average molecular weight is 500 g/mol. The Balaban J connectivity index is 3.64. The first kappa shape index (κ1) is 33.9. The fourth-order valence-corrected chi connectivity index (χ4v) is 4.23. The van der Waals surface area contributed by atoms with Crippen molar-refractivity contribution in [3.63, 3.8) is 0 Å². The van der Waals surface area contributed by atoms with Gasteiger partial charge in [-0.2, -0.15) is 0 Å². The van der Waals surface area contributed by atoms with Crippen LogP contribution < -0.4 is 0 Å². The van der Waals surface area contributed by atoms with Crippen molar-refractivity contribution in [3.05, 3.63) is 0 Å². The maximum absolute atomic E-state index is 11.8. The van der Waals surface area contributed by atoms with Gasteiger partial charge in [-0.1, -0.05) is 78.6 Å². The molecule has 0 unspecified atom stereocenters. The Labute approximate surface area is 216 Å². The number of esters is 2. The fourth-order valence-electron chi connectivity index (χ4n) is 4.23. The van der Waals surface area contributed by atoms with E-state index in [0.717, 1.165) is 103 Å². The number of unbranched alkanes of at least 4 members (excludes halogenated alkanes) is 11. The van der Waals surface area contributed by atoms with Crippen molar-refractivity contribution in [2.75, 3.05) is 32.8 Å². The largest absolute Gasteiger partial charge is 0.466 e. The van der Waals surface area contributed by atoms with Crippen molar-refractivity contribution in [2.45, 2.75) is 142 Å². The quantitative estimate of drug-likeness (QED) is 0.104. The van der Waals surface area contributed by atoms with Gasteiger partial charge in [0, 0.05) is 19.4 Å². The van der Waals surface area contributed by atoms with E-state index in [1.165, 1.54) is 19.3 Å². The van der Waals surface area contributed by atoms with Gasteiger partial charge >= 0.3 is 11.9 Å². The van der Waals surface area contributed by atoms with E-state index in [1.54, 1.807) is 0 Å². The van der Waals surface area contributed by atoms with E-state index in [1.807, 2.05) is 0 Å². The summed E-state index contributed by atoms with van der Waals surface area (Å²) in [5, 5.41) is 9.36. The Hall–Kier alpha value is -1.14. The van der Waals surface area contributed by atoms with Crippen LogP contribution in [-0.2, 0) is 19.1 Å². The monoisotopic (exact) mass is 499 g/mol. The van der Waals surface area contributed by atoms with Gasteiger partial charge in [-0.15, -0.1) is 0 Å². The van der Waals surface area contributed by atoms with E-state index in [-0.39, 0.29) is 24.6 Å². The number of hydrogen-bond donors (Lipinski definition) is 1. The van der Waals surface area contributed by atoms with Gasteiger partial charge in [0.2, 0.25) is 0 Å². The van der Waals surface area contributed by atoms with E-state index < -0.39 is 0 Å². The summed E-state index contributed by atoms with van der Waals surface area (Å²) in [6.07, 6.45) is 18.4. The van der Waals surface area contributed by atoms with Crippen LogP contribution in [-0.4, -0.2) is 60.9 Å². The van der Waals surface area contributed by atoms with E-state index in [4.69, 9.17) is 9.47 Å². The normalized spacial score (nSPS) is 11.4. The molecule has 0 spiro atoms. The predicted octanol–water partition coefficient (Wildman–Crippen LogP) is 6.82. The maximum Gasteiger partial charge on any atom is 0.306 e. The van der Waals surface area contributed by atoms with Gasteiger partial charge in [0.15, 0.2) is 0 Å². The third-order valence-electron chi connectivity index (χ3n) is 6.60. The van der Waals surface area contributed by atoms with Crippen LogP contribution in [0.2, 0.25) is 0 Å². The molecule has 0 aromatic carbocycles. The SMILES string of the molecule is CCCCCCOC(=O)CCCCCCCN(CCO)CCCCCCCC(=O)OC(CC)CC. The van der Waals surface area contributed by atoms with Gasteiger partial charge in [0.1, 0.15) is 6.10 Å². The molecule has 0 aliphatic carbocycles. The number of carbonyl (C=O) groups excluding carboxylic acids is 2. The van der Waals surface area contributed by atoms with Gasteiger partial charge < -0.3 is 19.5 Å². The van der Waals surface area contributed by atoms with E-state index in [9.17, 15) is 14.7 Å². The molecule has 0 aliphatic rings. The van der Waals surface area contributed by atoms with E-state index >= 15 is 0 Å². The lowest BCUT2D eigenvalue weighted by atomic mass is 10.1. The van der Waals surface area contributed by atoms with Gasteiger partial charge in [0.25, 0.3) is 0 Å². The Morgan fingerprint density at radius 2 is 1.17 bits per heavy atom. The molecule has 0 rings (SSSR count). The molecule has 0 heterocycles. The van der Waals surface area contributed by atoms with E-state index in [2.05, 4.69) is 25.7 Å². The molecule has 0 saturated heterocycles. The molecule has 208 valence electrons. The van der Waals surface area contributed by atoms with Gasteiger partial charge in [-0.3, -0.25) is 9.59 Å². The summed E-state index contributed by atoms with van der Waals surface area (Å²) >= 11 is 0. The molecule has 0 amide bonds. The fraction of sp³-hybridized carbons (Fsp3) is 0.931. The first-order valence-electron chi connectivity index (χ1n) is 14.8. The minimum absolute atomic E-state index is 0.0443. The minimum Gasteiger partial charge on any atom is -0.466 e. The highest BCUT2D eigenvalue weighted by Gasteiger charge is 2.10. The number of hydrogen-bond acceptors (Lipinski definition) is 6. The summed E-state index contributed by atoms with van der Waals surface area (Å²) in [4.78, 5) is 25.9. The molecule has 0 saturated carbocycles.